The molecule has 0 saturated carbocycles. The molecule has 2 unspecified atom stereocenters. The second-order valence-corrected chi connectivity index (χ2v) is 14.9. The lowest BCUT2D eigenvalue weighted by atomic mass is 10.0. The van der Waals surface area contributed by atoms with Crippen molar-refractivity contribution in [3.05, 3.63) is 83.4 Å². The molecule has 0 bridgehead atoms. The fourth-order valence-corrected chi connectivity index (χ4v) is 7.92. The quantitative estimate of drug-likeness (QED) is 0.169. The van der Waals surface area contributed by atoms with Gasteiger partial charge in [0.15, 0.2) is 0 Å². The van der Waals surface area contributed by atoms with Crippen LogP contribution >= 0.6 is 0 Å². The first-order valence-corrected chi connectivity index (χ1v) is 17.6. The minimum Gasteiger partial charge on any atom is -0.340 e. The highest BCUT2D eigenvalue weighted by molar-refractivity contribution is 6.05. The van der Waals surface area contributed by atoms with Gasteiger partial charge < -0.3 is 20.2 Å². The molecule has 0 spiro atoms. The summed E-state index contributed by atoms with van der Waals surface area (Å²) >= 11 is 0. The van der Waals surface area contributed by atoms with Gasteiger partial charge in [-0.1, -0.05) is 63.8 Å². The molecule has 0 aliphatic carbocycles. The Kier molecular flexibility index (Phi) is 7.53. The van der Waals surface area contributed by atoms with Crippen LogP contribution in [0.2, 0.25) is 0 Å². The number of carbonyl (C=O) groups is 1. The van der Waals surface area contributed by atoms with Crippen molar-refractivity contribution in [1.82, 2.24) is 30.2 Å². The third-order valence-corrected chi connectivity index (χ3v) is 11.0. The molecule has 7 nitrogen and oxygen atoms in total. The number of aromatic nitrogens is 4. The van der Waals surface area contributed by atoms with E-state index in [2.05, 4.69) is 134 Å². The predicted molar refractivity (Wildman–Crippen MR) is 195 cm³/mol. The highest BCUT2D eigenvalue weighted by Crippen LogP contribution is 2.40. The molecule has 4 heterocycles. The first kappa shape index (κ1) is 30.7. The molecule has 2 aliphatic heterocycles. The average molecular weight is 637 g/mol. The molecule has 4 aromatic carbocycles. The van der Waals surface area contributed by atoms with Crippen molar-refractivity contribution < 1.29 is 4.79 Å². The van der Waals surface area contributed by atoms with Crippen LogP contribution < -0.4 is 5.32 Å². The molecule has 6 aromatic rings. The van der Waals surface area contributed by atoms with E-state index in [1.165, 1.54) is 5.39 Å². The van der Waals surface area contributed by atoms with Crippen molar-refractivity contribution in [1.29, 1.82) is 0 Å². The maximum Gasteiger partial charge on any atom is 0.223 e. The number of amides is 1. The number of H-pyrrole nitrogens is 2. The second kappa shape index (κ2) is 11.8. The molecule has 3 N–H and O–H groups in total. The lowest BCUT2D eigenvalue weighted by Gasteiger charge is -2.29. The number of fused-ring (bicyclic) bond motifs is 6. The number of imidazole rings is 2. The van der Waals surface area contributed by atoms with Gasteiger partial charge in [-0.15, -0.1) is 0 Å². The third kappa shape index (κ3) is 5.33. The van der Waals surface area contributed by atoms with E-state index in [9.17, 15) is 4.79 Å². The molecule has 2 aliphatic rings. The molecule has 2 aromatic heterocycles. The molecule has 8 rings (SSSR count). The topological polar surface area (TPSA) is 89.7 Å². The lowest BCUT2D eigenvalue weighted by molar-refractivity contribution is -0.135. The smallest absolute Gasteiger partial charge is 0.223 e. The summed E-state index contributed by atoms with van der Waals surface area (Å²) in [5.74, 6) is 10.3. The van der Waals surface area contributed by atoms with Crippen LogP contribution in [-0.4, -0.2) is 42.8 Å². The predicted octanol–water partition coefficient (Wildman–Crippen LogP) is 8.55. The van der Waals surface area contributed by atoms with Gasteiger partial charge in [0.25, 0.3) is 0 Å². The van der Waals surface area contributed by atoms with E-state index in [0.717, 1.165) is 73.8 Å². The molecule has 6 atom stereocenters. The van der Waals surface area contributed by atoms with Crippen LogP contribution in [0.15, 0.2) is 60.7 Å². The van der Waals surface area contributed by atoms with Gasteiger partial charge in [0, 0.05) is 40.4 Å². The molecule has 2 saturated heterocycles. The van der Waals surface area contributed by atoms with Crippen LogP contribution in [0.1, 0.15) is 95.7 Å². The summed E-state index contributed by atoms with van der Waals surface area (Å²) in [6.45, 7) is 13.2. The van der Waals surface area contributed by atoms with Gasteiger partial charge in [-0.3, -0.25) is 4.79 Å². The fourth-order valence-electron chi connectivity index (χ4n) is 7.92. The number of nitrogens with zero attached hydrogens (tertiary/aromatic N) is 3. The fraction of sp³-hybridized carbons (Fsp3) is 0.390. The number of hydrogen-bond acceptors (Lipinski definition) is 4. The summed E-state index contributed by atoms with van der Waals surface area (Å²) in [5, 5.41) is 8.23. The Labute approximate surface area is 281 Å². The number of benzene rings is 4. The normalized spacial score (nSPS) is 24.4. The zero-order chi connectivity index (χ0) is 33.3. The summed E-state index contributed by atoms with van der Waals surface area (Å²) in [5.41, 5.74) is 5.98. The van der Waals surface area contributed by atoms with Crippen LogP contribution in [0.3, 0.4) is 0 Å². The van der Waals surface area contributed by atoms with Crippen molar-refractivity contribution in [3.8, 4) is 11.8 Å². The number of carbonyl (C=O) groups excluding carboxylic acids is 1. The number of hydrogen-bond donors (Lipinski definition) is 3. The summed E-state index contributed by atoms with van der Waals surface area (Å²) in [7, 11) is 0. The van der Waals surface area contributed by atoms with Gasteiger partial charge in [0.05, 0.1) is 34.2 Å². The monoisotopic (exact) mass is 636 g/mol. The van der Waals surface area contributed by atoms with Gasteiger partial charge in [-0.2, -0.15) is 0 Å². The van der Waals surface area contributed by atoms with Crippen LogP contribution in [0.5, 0.6) is 0 Å². The SMILES string of the molecule is CC(C)CC(=O)N1[C@H](C)C(C)C[C@H]1c1nc2ccc3cc(C#Cc4ccc5c(ccc6nc([C@@H]7CC(C)[C@@H](C)N7)[nH]c65)c4)ccc3c2[nH]1. The summed E-state index contributed by atoms with van der Waals surface area (Å²) in [6, 6.07) is 22.2. The molecule has 48 heavy (non-hydrogen) atoms. The first-order chi connectivity index (χ1) is 23.1. The van der Waals surface area contributed by atoms with Crippen LogP contribution in [0.25, 0.3) is 43.6 Å². The third-order valence-electron chi connectivity index (χ3n) is 11.0. The van der Waals surface area contributed by atoms with E-state index < -0.39 is 0 Å². The summed E-state index contributed by atoms with van der Waals surface area (Å²) < 4.78 is 0. The van der Waals surface area contributed by atoms with Crippen LogP contribution in [-0.2, 0) is 4.79 Å². The van der Waals surface area contributed by atoms with Crippen molar-refractivity contribution in [2.24, 2.45) is 17.8 Å². The van der Waals surface area contributed by atoms with Gasteiger partial charge in [-0.25, -0.2) is 9.97 Å². The van der Waals surface area contributed by atoms with E-state index in [4.69, 9.17) is 9.97 Å². The van der Waals surface area contributed by atoms with Crippen molar-refractivity contribution >= 4 is 49.5 Å². The summed E-state index contributed by atoms with van der Waals surface area (Å²) in [4.78, 5) is 32.6. The van der Waals surface area contributed by atoms with Crippen LogP contribution in [0.4, 0.5) is 0 Å². The number of nitrogens with one attached hydrogen (secondary N) is 3. The maximum atomic E-state index is 13.3. The largest absolute Gasteiger partial charge is 0.340 e. The maximum absolute atomic E-state index is 13.3. The lowest BCUT2D eigenvalue weighted by Crippen LogP contribution is -2.38. The molecular weight excluding hydrogens is 592 g/mol. The number of likely N-dealkylation sites (tertiary alicyclic amines) is 1. The highest BCUT2D eigenvalue weighted by Gasteiger charge is 2.41. The Morgan fingerprint density at radius 1 is 0.792 bits per heavy atom. The van der Waals surface area contributed by atoms with Crippen molar-refractivity contribution in [3.63, 3.8) is 0 Å². The standard InChI is InChI=1S/C41H44N6O/c1-22(2)17-37(48)47-26(6)24(4)19-36(47)41-44-34-16-12-30-21-28(10-14-32(30)39(34)46-41)8-7-27-9-13-31-29(20-27)11-15-33-38(31)45-40(43-33)35-18-23(3)25(5)42-35/h9-16,20-26,35-36,42H,17-19H2,1-6H3,(H,43,45)(H,44,46)/t23?,24?,25-,26-,35+,36+/m1/s1. The van der Waals surface area contributed by atoms with E-state index in [1.54, 1.807) is 0 Å². The van der Waals surface area contributed by atoms with E-state index in [0.29, 0.717) is 30.2 Å². The molecule has 1 amide bonds. The van der Waals surface area contributed by atoms with Gasteiger partial charge in [0.1, 0.15) is 11.6 Å². The van der Waals surface area contributed by atoms with E-state index in [-0.39, 0.29) is 24.0 Å². The Hall–Kier alpha value is -4.67. The molecular formula is C41H44N6O. The van der Waals surface area contributed by atoms with Crippen LogP contribution in [0, 0.1) is 29.6 Å². The average Bonchev–Trinajstić information content (AvgIpc) is 3.84. The Bertz CT molecular complexity index is 2260. The molecule has 0 radical (unpaired) electrons. The Morgan fingerprint density at radius 2 is 1.38 bits per heavy atom. The molecule has 2 fully saturated rings. The highest BCUT2D eigenvalue weighted by atomic mass is 16.2. The Morgan fingerprint density at radius 3 is 1.94 bits per heavy atom. The zero-order valence-corrected chi connectivity index (χ0v) is 28.7. The summed E-state index contributed by atoms with van der Waals surface area (Å²) in [6.07, 6.45) is 2.58. The van der Waals surface area contributed by atoms with E-state index >= 15 is 0 Å². The molecule has 7 heteroatoms. The minimum atomic E-state index is -0.0286. The zero-order valence-electron chi connectivity index (χ0n) is 28.7. The first-order valence-electron chi connectivity index (χ1n) is 17.6. The van der Waals surface area contributed by atoms with Gasteiger partial charge in [0.2, 0.25) is 5.91 Å². The number of aromatic amines is 2. The van der Waals surface area contributed by atoms with E-state index in [1.807, 2.05) is 0 Å². The second-order valence-electron chi connectivity index (χ2n) is 14.9. The minimum absolute atomic E-state index is 0.0286. The number of rotatable bonds is 4. The van der Waals surface area contributed by atoms with Crippen molar-refractivity contribution in [2.75, 3.05) is 0 Å². The Balaban J connectivity index is 1.06. The molecule has 244 valence electrons. The van der Waals surface area contributed by atoms with Gasteiger partial charge in [-0.05, 0) is 91.6 Å². The van der Waals surface area contributed by atoms with Gasteiger partial charge >= 0.3 is 0 Å². The van der Waals surface area contributed by atoms with Crippen molar-refractivity contribution in [2.45, 2.75) is 85.0 Å².